The summed E-state index contributed by atoms with van der Waals surface area (Å²) in [7, 11) is 0. The zero-order valence-corrected chi connectivity index (χ0v) is 14.3. The summed E-state index contributed by atoms with van der Waals surface area (Å²) in [4.78, 5) is 25.1. The second-order valence-corrected chi connectivity index (χ2v) is 6.54. The van der Waals surface area contributed by atoms with Crippen LogP contribution in [0.4, 0.5) is 11.4 Å². The van der Waals surface area contributed by atoms with Crippen molar-refractivity contribution in [1.82, 2.24) is 0 Å². The Morgan fingerprint density at radius 2 is 1.69 bits per heavy atom. The van der Waals surface area contributed by atoms with Gasteiger partial charge in [0.05, 0.1) is 11.3 Å². The lowest BCUT2D eigenvalue weighted by molar-refractivity contribution is -0.119. The van der Waals surface area contributed by atoms with E-state index in [-0.39, 0.29) is 24.5 Å². The zero-order valence-electron chi connectivity index (χ0n) is 14.3. The second kappa shape index (κ2) is 7.07. The van der Waals surface area contributed by atoms with E-state index < -0.39 is 0 Å². The van der Waals surface area contributed by atoms with Crippen LogP contribution in [0, 0.1) is 5.92 Å². The number of ether oxygens (including phenoxy) is 2. The molecule has 1 saturated carbocycles. The summed E-state index contributed by atoms with van der Waals surface area (Å²) in [6.07, 6.45) is 4.00. The highest BCUT2D eigenvalue weighted by Gasteiger charge is 2.24. The molecule has 2 amide bonds. The van der Waals surface area contributed by atoms with Crippen molar-refractivity contribution >= 4 is 23.2 Å². The van der Waals surface area contributed by atoms with Crippen molar-refractivity contribution in [3.63, 3.8) is 0 Å². The number of benzene rings is 2. The van der Waals surface area contributed by atoms with Gasteiger partial charge in [-0.1, -0.05) is 25.0 Å². The Bertz CT molecular complexity index is 843. The van der Waals surface area contributed by atoms with Crippen LogP contribution in [-0.4, -0.2) is 18.6 Å². The molecule has 1 aliphatic heterocycles. The minimum atomic E-state index is -0.286. The molecule has 2 aliphatic rings. The molecule has 6 nitrogen and oxygen atoms in total. The fourth-order valence-corrected chi connectivity index (χ4v) is 3.39. The fourth-order valence-electron chi connectivity index (χ4n) is 3.39. The minimum Gasteiger partial charge on any atom is -0.454 e. The minimum absolute atomic E-state index is 0.00849. The Balaban J connectivity index is 1.50. The fraction of sp³-hybridized carbons (Fsp3) is 0.300. The van der Waals surface area contributed by atoms with Gasteiger partial charge in [-0.2, -0.15) is 0 Å². The lowest BCUT2D eigenvalue weighted by Crippen LogP contribution is -2.23. The third kappa shape index (κ3) is 3.35. The van der Waals surface area contributed by atoms with Crippen molar-refractivity contribution in [3.8, 4) is 11.5 Å². The summed E-state index contributed by atoms with van der Waals surface area (Å²) in [5, 5.41) is 5.76. The molecule has 0 unspecified atom stereocenters. The second-order valence-electron chi connectivity index (χ2n) is 6.54. The first-order valence-corrected chi connectivity index (χ1v) is 8.81. The van der Waals surface area contributed by atoms with E-state index in [1.165, 1.54) is 0 Å². The Morgan fingerprint density at radius 3 is 2.54 bits per heavy atom. The number of rotatable bonds is 4. The number of hydrogen-bond acceptors (Lipinski definition) is 4. The molecule has 0 atom stereocenters. The molecule has 0 aromatic heterocycles. The van der Waals surface area contributed by atoms with Crippen LogP contribution in [0.3, 0.4) is 0 Å². The van der Waals surface area contributed by atoms with E-state index in [2.05, 4.69) is 10.6 Å². The maximum absolute atomic E-state index is 12.7. The summed E-state index contributed by atoms with van der Waals surface area (Å²) in [5.74, 6) is 1.01. The predicted octanol–water partition coefficient (Wildman–Crippen LogP) is 3.80. The summed E-state index contributed by atoms with van der Waals surface area (Å²) < 4.78 is 10.6. The van der Waals surface area contributed by atoms with Crippen molar-refractivity contribution in [2.45, 2.75) is 25.7 Å². The van der Waals surface area contributed by atoms with Crippen LogP contribution < -0.4 is 20.1 Å². The number of anilines is 2. The molecule has 0 spiro atoms. The number of nitrogens with one attached hydrogen (secondary N) is 2. The van der Waals surface area contributed by atoms with Crippen LogP contribution in [-0.2, 0) is 4.79 Å². The maximum Gasteiger partial charge on any atom is 0.257 e. The van der Waals surface area contributed by atoms with Gasteiger partial charge in [-0.25, -0.2) is 0 Å². The lowest BCUT2D eigenvalue weighted by atomic mass is 10.1. The van der Waals surface area contributed by atoms with Gasteiger partial charge in [-0.15, -0.1) is 0 Å². The number of para-hydroxylation sites is 1. The average molecular weight is 352 g/mol. The van der Waals surface area contributed by atoms with Crippen LogP contribution >= 0.6 is 0 Å². The van der Waals surface area contributed by atoms with Crippen molar-refractivity contribution in [3.05, 3.63) is 48.0 Å². The highest BCUT2D eigenvalue weighted by molar-refractivity contribution is 6.10. The summed E-state index contributed by atoms with van der Waals surface area (Å²) >= 11 is 0. The molecule has 2 N–H and O–H groups in total. The summed E-state index contributed by atoms with van der Waals surface area (Å²) in [6.45, 7) is 0.183. The monoisotopic (exact) mass is 352 g/mol. The smallest absolute Gasteiger partial charge is 0.257 e. The predicted molar refractivity (Wildman–Crippen MR) is 97.5 cm³/mol. The van der Waals surface area contributed by atoms with Crippen molar-refractivity contribution in [2.24, 2.45) is 5.92 Å². The molecular weight excluding hydrogens is 332 g/mol. The lowest BCUT2D eigenvalue weighted by Gasteiger charge is -2.14. The molecule has 0 saturated heterocycles. The molecule has 1 aliphatic carbocycles. The van der Waals surface area contributed by atoms with Crippen LogP contribution in [0.25, 0.3) is 0 Å². The largest absolute Gasteiger partial charge is 0.454 e. The van der Waals surface area contributed by atoms with E-state index in [0.717, 1.165) is 25.7 Å². The molecule has 6 heteroatoms. The Morgan fingerprint density at radius 1 is 0.923 bits per heavy atom. The van der Waals surface area contributed by atoms with Crippen molar-refractivity contribution < 1.29 is 19.1 Å². The van der Waals surface area contributed by atoms with Gasteiger partial charge in [0.25, 0.3) is 5.91 Å². The van der Waals surface area contributed by atoms with Gasteiger partial charge < -0.3 is 20.1 Å². The van der Waals surface area contributed by atoms with Gasteiger partial charge in [0.15, 0.2) is 11.5 Å². The van der Waals surface area contributed by atoms with E-state index >= 15 is 0 Å². The van der Waals surface area contributed by atoms with Crippen molar-refractivity contribution in [1.29, 1.82) is 0 Å². The molecule has 134 valence electrons. The number of hydrogen-bond donors (Lipinski definition) is 2. The quantitative estimate of drug-likeness (QED) is 0.877. The average Bonchev–Trinajstić information content (AvgIpc) is 3.33. The standard InChI is InChI=1S/C20H20N2O4/c23-19(13-5-1-2-6-13)22-16-8-4-3-7-15(16)20(24)21-14-9-10-17-18(11-14)26-12-25-17/h3-4,7-11,13H,1-2,5-6,12H2,(H,21,24)(H,22,23). The van der Waals surface area contributed by atoms with Gasteiger partial charge in [0, 0.05) is 17.7 Å². The number of fused-ring (bicyclic) bond motifs is 1. The van der Waals surface area contributed by atoms with Gasteiger partial charge in [-0.3, -0.25) is 9.59 Å². The molecular formula is C20H20N2O4. The first-order valence-electron chi connectivity index (χ1n) is 8.81. The molecule has 0 bridgehead atoms. The topological polar surface area (TPSA) is 76.7 Å². The Kier molecular flexibility index (Phi) is 4.48. The number of amides is 2. The van der Waals surface area contributed by atoms with Crippen LogP contribution in [0.15, 0.2) is 42.5 Å². The van der Waals surface area contributed by atoms with Gasteiger partial charge in [-0.05, 0) is 37.1 Å². The summed E-state index contributed by atoms with van der Waals surface area (Å²) in [6, 6.07) is 12.3. The van der Waals surface area contributed by atoms with Gasteiger partial charge >= 0.3 is 0 Å². The molecule has 1 heterocycles. The SMILES string of the molecule is O=C(Nc1ccc2c(c1)OCO2)c1ccccc1NC(=O)C1CCCC1. The molecule has 4 rings (SSSR count). The van der Waals surface area contributed by atoms with Crippen LogP contribution in [0.2, 0.25) is 0 Å². The zero-order chi connectivity index (χ0) is 17.9. The third-order valence-corrected chi connectivity index (χ3v) is 4.79. The highest BCUT2D eigenvalue weighted by atomic mass is 16.7. The van der Waals surface area contributed by atoms with E-state index in [0.29, 0.717) is 28.4 Å². The Labute approximate surface area is 151 Å². The number of carbonyl (C=O) groups is 2. The molecule has 2 aromatic carbocycles. The van der Waals surface area contributed by atoms with Crippen molar-refractivity contribution in [2.75, 3.05) is 17.4 Å². The van der Waals surface area contributed by atoms with E-state index in [1.54, 1.807) is 36.4 Å². The first-order chi connectivity index (χ1) is 12.7. The molecule has 2 aromatic rings. The van der Waals surface area contributed by atoms with E-state index in [1.807, 2.05) is 6.07 Å². The highest BCUT2D eigenvalue weighted by Crippen LogP contribution is 2.34. The first kappa shape index (κ1) is 16.4. The van der Waals surface area contributed by atoms with Gasteiger partial charge in [0.2, 0.25) is 12.7 Å². The summed E-state index contributed by atoms with van der Waals surface area (Å²) in [5.41, 5.74) is 1.57. The van der Waals surface area contributed by atoms with Crippen LogP contribution in [0.5, 0.6) is 11.5 Å². The molecule has 26 heavy (non-hydrogen) atoms. The third-order valence-electron chi connectivity index (χ3n) is 4.79. The van der Waals surface area contributed by atoms with E-state index in [4.69, 9.17) is 9.47 Å². The maximum atomic E-state index is 12.7. The van der Waals surface area contributed by atoms with E-state index in [9.17, 15) is 9.59 Å². The van der Waals surface area contributed by atoms with Crippen LogP contribution in [0.1, 0.15) is 36.0 Å². The molecule has 0 radical (unpaired) electrons. The normalized spacial score (nSPS) is 15.7. The Hall–Kier alpha value is -3.02. The van der Waals surface area contributed by atoms with Gasteiger partial charge in [0.1, 0.15) is 0 Å². The number of carbonyl (C=O) groups excluding carboxylic acids is 2. The molecule has 1 fully saturated rings.